The van der Waals surface area contributed by atoms with Crippen LogP contribution in [0.1, 0.15) is 10.4 Å². The molecular formula is C15H17N3O2. The molecule has 1 aliphatic heterocycles. The number of pyridine rings is 1. The molecule has 0 saturated carbocycles. The van der Waals surface area contributed by atoms with E-state index in [0.29, 0.717) is 31.9 Å². The van der Waals surface area contributed by atoms with E-state index in [4.69, 9.17) is 10.5 Å². The van der Waals surface area contributed by atoms with Gasteiger partial charge in [0, 0.05) is 30.2 Å². The molecule has 0 radical (unpaired) electrons. The fraction of sp³-hybridized carbons (Fsp3) is 0.333. The lowest BCUT2D eigenvalue weighted by Crippen LogP contribution is -2.52. The molecule has 1 fully saturated rings. The predicted octanol–water partition coefficient (Wildman–Crippen LogP) is 1.03. The lowest BCUT2D eigenvalue weighted by Gasteiger charge is -2.35. The number of hydrogen-bond donors (Lipinski definition) is 1. The zero-order valence-corrected chi connectivity index (χ0v) is 11.2. The number of ether oxygens (including phenoxy) is 1. The van der Waals surface area contributed by atoms with Gasteiger partial charge in [-0.2, -0.15) is 0 Å². The van der Waals surface area contributed by atoms with Crippen molar-refractivity contribution in [3.63, 3.8) is 0 Å². The van der Waals surface area contributed by atoms with Crippen LogP contribution in [0.3, 0.4) is 0 Å². The van der Waals surface area contributed by atoms with Crippen molar-refractivity contribution in [1.82, 2.24) is 9.88 Å². The summed E-state index contributed by atoms with van der Waals surface area (Å²) in [5, 5.41) is 0.877. The molecule has 1 aliphatic rings. The highest BCUT2D eigenvalue weighted by atomic mass is 16.5. The summed E-state index contributed by atoms with van der Waals surface area (Å²) in [7, 11) is 0. The molecule has 1 atom stereocenters. The van der Waals surface area contributed by atoms with Crippen molar-refractivity contribution in [3.05, 3.63) is 42.1 Å². The summed E-state index contributed by atoms with van der Waals surface area (Å²) in [6, 6.07) is 9.33. The van der Waals surface area contributed by atoms with E-state index in [2.05, 4.69) is 4.98 Å². The van der Waals surface area contributed by atoms with Gasteiger partial charge in [0.05, 0.1) is 24.8 Å². The maximum absolute atomic E-state index is 12.8. The fourth-order valence-corrected chi connectivity index (χ4v) is 2.56. The average molecular weight is 271 g/mol. The monoisotopic (exact) mass is 271 g/mol. The number of hydrogen-bond acceptors (Lipinski definition) is 4. The Kier molecular flexibility index (Phi) is 3.62. The first-order valence-electron chi connectivity index (χ1n) is 6.74. The Morgan fingerprint density at radius 2 is 2.30 bits per heavy atom. The number of nitrogens with two attached hydrogens (primary N) is 1. The highest BCUT2D eigenvalue weighted by molar-refractivity contribution is 6.06. The summed E-state index contributed by atoms with van der Waals surface area (Å²) in [5.41, 5.74) is 7.24. The van der Waals surface area contributed by atoms with Gasteiger partial charge in [0.25, 0.3) is 5.91 Å². The molecule has 2 N–H and O–H groups in total. The van der Waals surface area contributed by atoms with Crippen molar-refractivity contribution in [1.29, 1.82) is 0 Å². The molecule has 0 spiro atoms. The molecule has 1 aromatic heterocycles. The minimum Gasteiger partial charge on any atom is -0.377 e. The van der Waals surface area contributed by atoms with Gasteiger partial charge in [-0.25, -0.2) is 0 Å². The van der Waals surface area contributed by atoms with Gasteiger partial charge in [-0.05, 0) is 18.2 Å². The molecule has 3 rings (SSSR count). The Bertz CT molecular complexity index is 624. The van der Waals surface area contributed by atoms with Crippen LogP contribution in [0, 0.1) is 0 Å². The number of fused-ring (bicyclic) bond motifs is 1. The third kappa shape index (κ3) is 2.26. The smallest absolute Gasteiger partial charge is 0.254 e. The SMILES string of the molecule is NCC1COCCN1C(=O)c1cccc2ncccc12. The number of morpholine rings is 1. The first kappa shape index (κ1) is 13.0. The second-order valence-electron chi connectivity index (χ2n) is 4.84. The molecule has 1 aromatic carbocycles. The van der Waals surface area contributed by atoms with E-state index in [1.54, 1.807) is 6.20 Å². The Hall–Kier alpha value is -1.98. The predicted molar refractivity (Wildman–Crippen MR) is 76.4 cm³/mol. The number of carbonyl (C=O) groups is 1. The maximum Gasteiger partial charge on any atom is 0.254 e. The molecule has 5 nitrogen and oxygen atoms in total. The van der Waals surface area contributed by atoms with E-state index < -0.39 is 0 Å². The van der Waals surface area contributed by atoms with Crippen molar-refractivity contribution < 1.29 is 9.53 Å². The third-order valence-electron chi connectivity index (χ3n) is 3.64. The van der Waals surface area contributed by atoms with E-state index in [0.717, 1.165) is 10.9 Å². The van der Waals surface area contributed by atoms with Gasteiger partial charge in [-0.3, -0.25) is 9.78 Å². The molecule has 1 saturated heterocycles. The Labute approximate surface area is 117 Å². The Balaban J connectivity index is 1.99. The van der Waals surface area contributed by atoms with Crippen LogP contribution in [0.5, 0.6) is 0 Å². The van der Waals surface area contributed by atoms with Crippen molar-refractivity contribution >= 4 is 16.8 Å². The van der Waals surface area contributed by atoms with Gasteiger partial charge in [-0.1, -0.05) is 12.1 Å². The van der Waals surface area contributed by atoms with Gasteiger partial charge < -0.3 is 15.4 Å². The third-order valence-corrected chi connectivity index (χ3v) is 3.64. The van der Waals surface area contributed by atoms with Gasteiger partial charge in [0.2, 0.25) is 0 Å². The van der Waals surface area contributed by atoms with Crippen LogP contribution < -0.4 is 5.73 Å². The molecule has 0 aliphatic carbocycles. The summed E-state index contributed by atoms with van der Waals surface area (Å²) in [5.74, 6) is 0.00218. The zero-order chi connectivity index (χ0) is 13.9. The van der Waals surface area contributed by atoms with E-state index >= 15 is 0 Å². The molecule has 2 aromatic rings. The molecule has 1 amide bonds. The molecular weight excluding hydrogens is 254 g/mol. The van der Waals surface area contributed by atoms with Crippen LogP contribution in [0.2, 0.25) is 0 Å². The van der Waals surface area contributed by atoms with Crippen LogP contribution >= 0.6 is 0 Å². The number of carbonyl (C=O) groups excluding carboxylic acids is 1. The highest BCUT2D eigenvalue weighted by Gasteiger charge is 2.27. The van der Waals surface area contributed by atoms with Crippen molar-refractivity contribution in [3.8, 4) is 0 Å². The zero-order valence-electron chi connectivity index (χ0n) is 11.2. The minimum atomic E-state index is -0.0526. The number of rotatable bonds is 2. The number of nitrogens with zero attached hydrogens (tertiary/aromatic N) is 2. The quantitative estimate of drug-likeness (QED) is 0.886. The summed E-state index contributed by atoms with van der Waals surface area (Å²) >= 11 is 0. The van der Waals surface area contributed by atoms with Gasteiger partial charge >= 0.3 is 0 Å². The van der Waals surface area contributed by atoms with Crippen LogP contribution in [0.15, 0.2) is 36.5 Å². The minimum absolute atomic E-state index is 0.00218. The summed E-state index contributed by atoms with van der Waals surface area (Å²) in [6.07, 6.45) is 1.73. The van der Waals surface area contributed by atoms with E-state index in [1.165, 1.54) is 0 Å². The van der Waals surface area contributed by atoms with Gasteiger partial charge in [0.15, 0.2) is 0 Å². The summed E-state index contributed by atoms with van der Waals surface area (Å²) < 4.78 is 5.39. The van der Waals surface area contributed by atoms with E-state index in [1.807, 2.05) is 35.2 Å². The lowest BCUT2D eigenvalue weighted by molar-refractivity contribution is 0.000948. The van der Waals surface area contributed by atoms with Crippen molar-refractivity contribution in [2.24, 2.45) is 5.73 Å². The summed E-state index contributed by atoms with van der Waals surface area (Å²) in [4.78, 5) is 18.9. The second-order valence-corrected chi connectivity index (χ2v) is 4.84. The molecule has 2 heterocycles. The molecule has 1 unspecified atom stereocenters. The largest absolute Gasteiger partial charge is 0.377 e. The van der Waals surface area contributed by atoms with Crippen LogP contribution in [0.4, 0.5) is 0 Å². The maximum atomic E-state index is 12.8. The molecule has 5 heteroatoms. The van der Waals surface area contributed by atoms with E-state index in [9.17, 15) is 4.79 Å². The van der Waals surface area contributed by atoms with Crippen LogP contribution in [-0.4, -0.2) is 48.1 Å². The highest BCUT2D eigenvalue weighted by Crippen LogP contribution is 2.20. The first-order chi connectivity index (χ1) is 9.81. The normalized spacial score (nSPS) is 19.2. The second kappa shape index (κ2) is 5.56. The van der Waals surface area contributed by atoms with Crippen LogP contribution in [0.25, 0.3) is 10.9 Å². The lowest BCUT2D eigenvalue weighted by atomic mass is 10.1. The Morgan fingerprint density at radius 1 is 1.40 bits per heavy atom. The molecule has 20 heavy (non-hydrogen) atoms. The van der Waals surface area contributed by atoms with Crippen molar-refractivity contribution in [2.45, 2.75) is 6.04 Å². The number of aromatic nitrogens is 1. The van der Waals surface area contributed by atoms with Crippen molar-refractivity contribution in [2.75, 3.05) is 26.3 Å². The molecule has 104 valence electrons. The Morgan fingerprint density at radius 3 is 3.15 bits per heavy atom. The standard InChI is InChI=1S/C15H17N3O2/c16-9-11-10-20-8-7-18(11)15(19)13-3-1-5-14-12(13)4-2-6-17-14/h1-6,11H,7-10,16H2. The number of amides is 1. The molecule has 0 bridgehead atoms. The number of benzene rings is 1. The first-order valence-corrected chi connectivity index (χ1v) is 6.74. The van der Waals surface area contributed by atoms with E-state index in [-0.39, 0.29) is 11.9 Å². The topological polar surface area (TPSA) is 68.5 Å². The van der Waals surface area contributed by atoms with Gasteiger partial charge in [0.1, 0.15) is 0 Å². The van der Waals surface area contributed by atoms with Gasteiger partial charge in [-0.15, -0.1) is 0 Å². The fourth-order valence-electron chi connectivity index (χ4n) is 2.56. The summed E-state index contributed by atoms with van der Waals surface area (Å²) in [6.45, 7) is 2.06. The van der Waals surface area contributed by atoms with Crippen LogP contribution in [-0.2, 0) is 4.74 Å². The average Bonchev–Trinajstić information content (AvgIpc) is 2.53.